The number of aryl methyl sites for hydroxylation is 1. The summed E-state index contributed by atoms with van der Waals surface area (Å²) in [5, 5.41) is 8.04. The highest BCUT2D eigenvalue weighted by Crippen LogP contribution is 2.48. The Labute approximate surface area is 238 Å². The number of nitrogens with one attached hydrogen (secondary N) is 1. The summed E-state index contributed by atoms with van der Waals surface area (Å²) in [5.41, 5.74) is 3.31. The molecule has 6 rings (SSSR count). The number of ether oxygens (including phenoxy) is 1. The molecule has 1 N–H and O–H groups in total. The van der Waals surface area contributed by atoms with E-state index >= 15 is 0 Å². The molecular weight excluding hydrogens is 578 g/mol. The van der Waals surface area contributed by atoms with Crippen molar-refractivity contribution < 1.29 is 19.1 Å². The first-order valence-corrected chi connectivity index (χ1v) is 13.7. The summed E-state index contributed by atoms with van der Waals surface area (Å²) in [6.45, 7) is 3.23. The molecule has 0 radical (unpaired) electrons. The molecule has 11 nitrogen and oxygen atoms in total. The van der Waals surface area contributed by atoms with Crippen molar-refractivity contribution >= 4 is 50.2 Å². The van der Waals surface area contributed by atoms with Crippen molar-refractivity contribution in [1.29, 1.82) is 0 Å². The van der Waals surface area contributed by atoms with E-state index in [1.807, 2.05) is 37.3 Å². The summed E-state index contributed by atoms with van der Waals surface area (Å²) >= 11 is 3.34. The van der Waals surface area contributed by atoms with Crippen LogP contribution in [-0.4, -0.2) is 66.4 Å². The summed E-state index contributed by atoms with van der Waals surface area (Å²) in [6, 6.07) is 8.93. The van der Waals surface area contributed by atoms with E-state index in [1.54, 1.807) is 22.0 Å². The van der Waals surface area contributed by atoms with E-state index in [4.69, 9.17) is 4.74 Å². The van der Waals surface area contributed by atoms with E-state index in [0.29, 0.717) is 33.7 Å². The molecule has 1 saturated heterocycles. The van der Waals surface area contributed by atoms with Crippen LogP contribution in [0.25, 0.3) is 22.0 Å². The van der Waals surface area contributed by atoms with Gasteiger partial charge in [0.1, 0.15) is 28.7 Å². The SMILES string of the molecule is COc1ncc(-c2ccc3c(c2)c(C(C)=O)nn3CC(=O)N2[C@@H]3C[C@@H]3C[C@H]2C(=O)Nc2nc(Br)ccc2C)cn1. The Bertz CT molecular complexity index is 1670. The zero-order valence-electron chi connectivity index (χ0n) is 22.1. The topological polar surface area (TPSA) is 132 Å². The van der Waals surface area contributed by atoms with Crippen molar-refractivity contribution in [1.82, 2.24) is 29.6 Å². The van der Waals surface area contributed by atoms with Crippen LogP contribution in [-0.2, 0) is 16.1 Å². The highest BCUT2D eigenvalue weighted by Gasteiger charge is 2.56. The minimum Gasteiger partial charge on any atom is -0.467 e. The maximum atomic E-state index is 13.7. The Morgan fingerprint density at radius 2 is 1.88 bits per heavy atom. The maximum absolute atomic E-state index is 13.7. The number of likely N-dealkylation sites (tertiary alicyclic amines) is 1. The molecule has 3 aromatic heterocycles. The number of amides is 2. The molecule has 4 aromatic rings. The van der Waals surface area contributed by atoms with Crippen LogP contribution < -0.4 is 10.1 Å². The van der Waals surface area contributed by atoms with Crippen LogP contribution in [0.15, 0.2) is 47.3 Å². The number of rotatable bonds is 7. The van der Waals surface area contributed by atoms with Crippen molar-refractivity contribution in [2.24, 2.45) is 5.92 Å². The van der Waals surface area contributed by atoms with Gasteiger partial charge < -0.3 is 15.0 Å². The lowest BCUT2D eigenvalue weighted by Gasteiger charge is -2.27. The highest BCUT2D eigenvalue weighted by atomic mass is 79.9. The lowest BCUT2D eigenvalue weighted by molar-refractivity contribution is -0.138. The number of pyridine rings is 1. The number of benzene rings is 1. The number of carbonyl (C=O) groups is 3. The second-order valence-electron chi connectivity index (χ2n) is 10.2. The first kappa shape index (κ1) is 26.1. The minimum atomic E-state index is -0.591. The van der Waals surface area contributed by atoms with Crippen molar-refractivity contribution in [3.63, 3.8) is 0 Å². The average Bonchev–Trinajstić information content (AvgIpc) is 3.45. The number of ketones is 1. The molecule has 2 aliphatic rings. The lowest BCUT2D eigenvalue weighted by Crippen LogP contribution is -2.47. The fourth-order valence-electron chi connectivity index (χ4n) is 5.40. The molecule has 4 heterocycles. The highest BCUT2D eigenvalue weighted by molar-refractivity contribution is 9.10. The predicted molar refractivity (Wildman–Crippen MR) is 150 cm³/mol. The molecule has 1 saturated carbocycles. The Morgan fingerprint density at radius 3 is 2.60 bits per heavy atom. The van der Waals surface area contributed by atoms with Crippen molar-refractivity contribution in [2.75, 3.05) is 12.4 Å². The fraction of sp³-hybridized carbons (Fsp3) is 0.321. The third-order valence-electron chi connectivity index (χ3n) is 7.51. The average molecular weight is 604 g/mol. The van der Waals surface area contributed by atoms with Gasteiger partial charge in [-0.3, -0.25) is 19.1 Å². The molecule has 2 amide bonds. The van der Waals surface area contributed by atoms with Gasteiger partial charge in [-0.1, -0.05) is 12.1 Å². The van der Waals surface area contributed by atoms with Gasteiger partial charge in [0.25, 0.3) is 0 Å². The number of hydrogen-bond donors (Lipinski definition) is 1. The minimum absolute atomic E-state index is 0.0376. The Kier molecular flexibility index (Phi) is 6.57. The summed E-state index contributed by atoms with van der Waals surface area (Å²) in [6.07, 6.45) is 4.78. The van der Waals surface area contributed by atoms with E-state index in [0.717, 1.165) is 23.1 Å². The standard InChI is InChI=1S/C28H26BrN7O4/c1-14-4-7-23(29)32-26(14)33-27(39)22-10-17-9-21(17)36(22)24(38)13-35-20-6-5-16(8-19(20)25(34-35)15(2)37)18-11-30-28(40-3)31-12-18/h4-8,11-12,17,21-22H,9-10,13H2,1-3H3,(H,32,33,39)/t17-,21-,22+/m1/s1. The number of fused-ring (bicyclic) bond motifs is 2. The first-order chi connectivity index (χ1) is 19.2. The number of piperidine rings is 1. The van der Waals surface area contributed by atoms with Crippen molar-refractivity contribution in [3.8, 4) is 17.1 Å². The smallest absolute Gasteiger partial charge is 0.316 e. The van der Waals surface area contributed by atoms with Gasteiger partial charge in [-0.2, -0.15) is 5.10 Å². The number of anilines is 1. The monoisotopic (exact) mass is 603 g/mol. The number of methoxy groups -OCH3 is 1. The molecule has 12 heteroatoms. The third kappa shape index (κ3) is 4.72. The second-order valence-corrected chi connectivity index (χ2v) is 11.0. The second kappa shape index (κ2) is 10.1. The Morgan fingerprint density at radius 1 is 1.10 bits per heavy atom. The van der Waals surface area contributed by atoms with Gasteiger partial charge in [-0.15, -0.1) is 0 Å². The van der Waals surface area contributed by atoms with Crippen LogP contribution in [0.2, 0.25) is 0 Å². The van der Waals surface area contributed by atoms with Crippen molar-refractivity contribution in [2.45, 2.75) is 45.3 Å². The van der Waals surface area contributed by atoms with Gasteiger partial charge in [0.05, 0.1) is 12.6 Å². The van der Waals surface area contributed by atoms with Crippen LogP contribution >= 0.6 is 15.9 Å². The Balaban J connectivity index is 1.26. The van der Waals surface area contributed by atoms with Gasteiger partial charge in [0.15, 0.2) is 5.78 Å². The van der Waals surface area contributed by atoms with Crippen molar-refractivity contribution in [3.05, 3.63) is 58.6 Å². The van der Waals surface area contributed by atoms with E-state index < -0.39 is 6.04 Å². The largest absolute Gasteiger partial charge is 0.467 e. The molecule has 204 valence electrons. The molecule has 1 aliphatic carbocycles. The van der Waals surface area contributed by atoms with E-state index in [1.165, 1.54) is 14.0 Å². The predicted octanol–water partition coefficient (Wildman–Crippen LogP) is 3.80. The number of carbonyl (C=O) groups excluding carboxylic acids is 3. The molecule has 3 atom stereocenters. The lowest BCUT2D eigenvalue weighted by atomic mass is 10.0. The summed E-state index contributed by atoms with van der Waals surface area (Å²) < 4.78 is 7.20. The number of aromatic nitrogens is 5. The van der Waals surface area contributed by atoms with Gasteiger partial charge in [-0.05, 0) is 70.9 Å². The fourth-order valence-corrected chi connectivity index (χ4v) is 5.71. The van der Waals surface area contributed by atoms with Crippen LogP contribution in [0.1, 0.15) is 35.8 Å². The first-order valence-electron chi connectivity index (χ1n) is 12.9. The van der Waals surface area contributed by atoms with E-state index in [9.17, 15) is 14.4 Å². The summed E-state index contributed by atoms with van der Waals surface area (Å²) in [5.74, 6) is 0.103. The zero-order chi connectivity index (χ0) is 28.1. The molecule has 0 unspecified atom stereocenters. The van der Waals surface area contributed by atoms with Gasteiger partial charge in [0, 0.05) is 36.3 Å². The normalized spacial score (nSPS) is 19.4. The summed E-state index contributed by atoms with van der Waals surface area (Å²) in [4.78, 5) is 53.8. The zero-order valence-corrected chi connectivity index (χ0v) is 23.7. The molecule has 0 spiro atoms. The molecule has 1 aliphatic heterocycles. The van der Waals surface area contributed by atoms with Gasteiger partial charge in [-0.25, -0.2) is 15.0 Å². The maximum Gasteiger partial charge on any atom is 0.316 e. The number of halogens is 1. The molecule has 1 aromatic carbocycles. The number of Topliss-reactive ketones (excluding diaryl/α,β-unsaturated/α-hetero) is 1. The van der Waals surface area contributed by atoms with Gasteiger partial charge in [0.2, 0.25) is 11.8 Å². The van der Waals surface area contributed by atoms with Crippen LogP contribution in [0.3, 0.4) is 0 Å². The summed E-state index contributed by atoms with van der Waals surface area (Å²) in [7, 11) is 1.50. The quantitative estimate of drug-likeness (QED) is 0.249. The molecule has 0 bridgehead atoms. The van der Waals surface area contributed by atoms with Crippen LogP contribution in [0, 0.1) is 12.8 Å². The molecule has 2 fully saturated rings. The number of nitrogens with zero attached hydrogens (tertiary/aromatic N) is 6. The Hall–Kier alpha value is -4.19. The van der Waals surface area contributed by atoms with E-state index in [-0.39, 0.29) is 41.9 Å². The number of hydrogen-bond acceptors (Lipinski definition) is 8. The molecule has 40 heavy (non-hydrogen) atoms. The van der Waals surface area contributed by atoms with Crippen LogP contribution in [0.4, 0.5) is 5.82 Å². The van der Waals surface area contributed by atoms with Crippen LogP contribution in [0.5, 0.6) is 6.01 Å². The third-order valence-corrected chi connectivity index (χ3v) is 7.95. The van der Waals surface area contributed by atoms with E-state index in [2.05, 4.69) is 41.3 Å². The molecular formula is C28H26BrN7O4. The van der Waals surface area contributed by atoms with Gasteiger partial charge >= 0.3 is 6.01 Å².